The van der Waals surface area contributed by atoms with E-state index in [-0.39, 0.29) is 0 Å². The van der Waals surface area contributed by atoms with Crippen LogP contribution in [-0.2, 0) is 6.42 Å². The Bertz CT molecular complexity index is 603. The van der Waals surface area contributed by atoms with E-state index in [0.717, 1.165) is 29.0 Å². The summed E-state index contributed by atoms with van der Waals surface area (Å²) in [6, 6.07) is 7.85. The minimum Gasteiger partial charge on any atom is -0.481 e. The average Bonchev–Trinajstić information content (AvgIpc) is 2.84. The molecule has 0 aliphatic carbocycles. The molecular weight excluding hydrogens is 306 g/mol. The van der Waals surface area contributed by atoms with E-state index < -0.39 is 0 Å². The lowest BCUT2D eigenvalue weighted by Crippen LogP contribution is -2.07. The van der Waals surface area contributed by atoms with Crippen molar-refractivity contribution in [3.05, 3.63) is 46.2 Å². The van der Waals surface area contributed by atoms with Crippen LogP contribution in [0.3, 0.4) is 0 Å². The van der Waals surface area contributed by atoms with Gasteiger partial charge in [0.05, 0.1) is 7.11 Å². The molecule has 0 amide bonds. The standard InChI is InChI=1S/C14H14BrN3O/c1-19-12-4-2-3-10(18-12)7-9-8-17-14-13(9)11(15)5-6-16-14/h2-6,9H,7-8H2,1H3,(H,16,17). The second-order valence-corrected chi connectivity index (χ2v) is 5.36. The van der Waals surface area contributed by atoms with Gasteiger partial charge in [-0.2, -0.15) is 0 Å². The maximum atomic E-state index is 5.16. The van der Waals surface area contributed by atoms with Gasteiger partial charge >= 0.3 is 0 Å². The molecule has 2 aromatic heterocycles. The van der Waals surface area contributed by atoms with E-state index in [1.54, 1.807) is 7.11 Å². The molecule has 0 saturated heterocycles. The Hall–Kier alpha value is -1.62. The van der Waals surface area contributed by atoms with Crippen molar-refractivity contribution in [2.24, 2.45) is 0 Å². The highest BCUT2D eigenvalue weighted by Gasteiger charge is 2.26. The zero-order chi connectivity index (χ0) is 13.2. The Morgan fingerprint density at radius 1 is 1.42 bits per heavy atom. The van der Waals surface area contributed by atoms with Crippen molar-refractivity contribution >= 4 is 21.7 Å². The number of halogens is 1. The molecule has 0 fully saturated rings. The van der Waals surface area contributed by atoms with Gasteiger partial charge in [-0.25, -0.2) is 9.97 Å². The van der Waals surface area contributed by atoms with Crippen LogP contribution in [0.2, 0.25) is 0 Å². The van der Waals surface area contributed by atoms with E-state index in [9.17, 15) is 0 Å². The van der Waals surface area contributed by atoms with Gasteiger partial charge in [-0.3, -0.25) is 0 Å². The first kappa shape index (κ1) is 12.4. The predicted octanol–water partition coefficient (Wildman–Crippen LogP) is 3.00. The van der Waals surface area contributed by atoms with E-state index >= 15 is 0 Å². The number of hydrogen-bond acceptors (Lipinski definition) is 4. The SMILES string of the molecule is COc1cccc(CC2CNc3nccc(Br)c32)n1. The Morgan fingerprint density at radius 2 is 2.32 bits per heavy atom. The number of fused-ring (bicyclic) bond motifs is 1. The Labute approximate surface area is 120 Å². The van der Waals surface area contributed by atoms with Gasteiger partial charge in [0.25, 0.3) is 0 Å². The van der Waals surface area contributed by atoms with Crippen LogP contribution in [0.25, 0.3) is 0 Å². The van der Waals surface area contributed by atoms with Crippen LogP contribution in [0, 0.1) is 0 Å². The number of ether oxygens (including phenoxy) is 1. The third-order valence-electron chi connectivity index (χ3n) is 3.31. The van der Waals surface area contributed by atoms with Gasteiger partial charge in [-0.05, 0) is 18.6 Å². The van der Waals surface area contributed by atoms with Crippen molar-refractivity contribution in [3.63, 3.8) is 0 Å². The molecule has 5 heteroatoms. The monoisotopic (exact) mass is 319 g/mol. The van der Waals surface area contributed by atoms with Gasteiger partial charge in [0.15, 0.2) is 0 Å². The molecule has 0 aromatic carbocycles. The Kier molecular flexibility index (Phi) is 3.38. The van der Waals surface area contributed by atoms with Crippen molar-refractivity contribution in [1.82, 2.24) is 9.97 Å². The molecule has 1 N–H and O–H groups in total. The van der Waals surface area contributed by atoms with Crippen molar-refractivity contribution in [2.45, 2.75) is 12.3 Å². The predicted molar refractivity (Wildman–Crippen MR) is 77.7 cm³/mol. The first-order chi connectivity index (χ1) is 9.28. The number of aromatic nitrogens is 2. The fraction of sp³-hybridized carbons (Fsp3) is 0.286. The first-order valence-corrected chi connectivity index (χ1v) is 6.95. The quantitative estimate of drug-likeness (QED) is 0.944. The van der Waals surface area contributed by atoms with Gasteiger partial charge < -0.3 is 10.1 Å². The maximum Gasteiger partial charge on any atom is 0.213 e. The van der Waals surface area contributed by atoms with Gasteiger partial charge in [0.1, 0.15) is 5.82 Å². The maximum absolute atomic E-state index is 5.16. The summed E-state index contributed by atoms with van der Waals surface area (Å²) in [7, 11) is 1.64. The summed E-state index contributed by atoms with van der Waals surface area (Å²) in [5.41, 5.74) is 2.28. The molecular formula is C14H14BrN3O. The molecule has 4 nitrogen and oxygen atoms in total. The minimum atomic E-state index is 0.387. The average molecular weight is 320 g/mol. The van der Waals surface area contributed by atoms with Gasteiger partial charge in [-0.15, -0.1) is 0 Å². The topological polar surface area (TPSA) is 47.0 Å². The molecule has 0 spiro atoms. The minimum absolute atomic E-state index is 0.387. The zero-order valence-corrected chi connectivity index (χ0v) is 12.1. The highest BCUT2D eigenvalue weighted by Crippen LogP contribution is 2.37. The number of hydrogen-bond donors (Lipinski definition) is 1. The second-order valence-electron chi connectivity index (χ2n) is 4.51. The summed E-state index contributed by atoms with van der Waals surface area (Å²) in [6.45, 7) is 0.893. The molecule has 1 atom stereocenters. The number of pyridine rings is 2. The molecule has 1 aliphatic heterocycles. The Balaban J connectivity index is 1.86. The molecule has 1 aliphatic rings. The van der Waals surface area contributed by atoms with Crippen LogP contribution in [-0.4, -0.2) is 23.6 Å². The summed E-state index contributed by atoms with van der Waals surface area (Å²) >= 11 is 3.60. The van der Waals surface area contributed by atoms with Crippen LogP contribution in [0.5, 0.6) is 5.88 Å². The third-order valence-corrected chi connectivity index (χ3v) is 4.00. The summed E-state index contributed by atoms with van der Waals surface area (Å²) < 4.78 is 6.27. The number of nitrogens with zero attached hydrogens (tertiary/aromatic N) is 2. The van der Waals surface area contributed by atoms with Crippen molar-refractivity contribution < 1.29 is 4.74 Å². The van der Waals surface area contributed by atoms with E-state index in [4.69, 9.17) is 4.74 Å². The van der Waals surface area contributed by atoms with E-state index in [0.29, 0.717) is 11.8 Å². The third kappa shape index (κ3) is 2.42. The normalized spacial score (nSPS) is 16.8. The lowest BCUT2D eigenvalue weighted by atomic mass is 9.97. The second kappa shape index (κ2) is 5.17. The van der Waals surface area contributed by atoms with Gasteiger partial charge in [0.2, 0.25) is 5.88 Å². The summed E-state index contributed by atoms with van der Waals surface area (Å²) in [6.07, 6.45) is 2.68. The van der Waals surface area contributed by atoms with Crippen LogP contribution in [0.1, 0.15) is 17.2 Å². The van der Waals surface area contributed by atoms with Gasteiger partial charge in [0, 0.05) is 40.5 Å². The molecule has 3 heterocycles. The molecule has 19 heavy (non-hydrogen) atoms. The largest absolute Gasteiger partial charge is 0.481 e. The molecule has 98 valence electrons. The molecule has 0 bridgehead atoms. The molecule has 2 aromatic rings. The van der Waals surface area contributed by atoms with Crippen LogP contribution in [0.15, 0.2) is 34.9 Å². The smallest absolute Gasteiger partial charge is 0.213 e. The molecule has 3 rings (SSSR count). The summed E-state index contributed by atoms with van der Waals surface area (Å²) in [5, 5.41) is 3.34. The lowest BCUT2D eigenvalue weighted by molar-refractivity contribution is 0.396. The van der Waals surface area contributed by atoms with Crippen LogP contribution in [0.4, 0.5) is 5.82 Å². The lowest BCUT2D eigenvalue weighted by Gasteiger charge is -2.11. The fourth-order valence-electron chi connectivity index (χ4n) is 2.41. The number of rotatable bonds is 3. The number of nitrogens with one attached hydrogen (secondary N) is 1. The summed E-state index contributed by atoms with van der Waals surface area (Å²) in [4.78, 5) is 8.83. The van der Waals surface area contributed by atoms with Gasteiger partial charge in [-0.1, -0.05) is 22.0 Å². The molecule has 0 saturated carbocycles. The van der Waals surface area contributed by atoms with Crippen molar-refractivity contribution in [1.29, 1.82) is 0 Å². The van der Waals surface area contributed by atoms with Crippen LogP contribution >= 0.6 is 15.9 Å². The zero-order valence-electron chi connectivity index (χ0n) is 10.6. The highest BCUT2D eigenvalue weighted by atomic mass is 79.9. The molecule has 1 unspecified atom stereocenters. The fourth-order valence-corrected chi connectivity index (χ4v) is 3.04. The highest BCUT2D eigenvalue weighted by molar-refractivity contribution is 9.10. The number of anilines is 1. The first-order valence-electron chi connectivity index (χ1n) is 6.16. The Morgan fingerprint density at radius 3 is 3.16 bits per heavy atom. The van der Waals surface area contributed by atoms with Crippen molar-refractivity contribution in [3.8, 4) is 5.88 Å². The number of methoxy groups -OCH3 is 1. The van der Waals surface area contributed by atoms with E-state index in [2.05, 4.69) is 31.2 Å². The van der Waals surface area contributed by atoms with Crippen LogP contribution < -0.4 is 10.1 Å². The van der Waals surface area contributed by atoms with E-state index in [1.807, 2.05) is 30.5 Å². The summed E-state index contributed by atoms with van der Waals surface area (Å²) in [5.74, 6) is 2.02. The van der Waals surface area contributed by atoms with Crippen molar-refractivity contribution in [2.75, 3.05) is 19.0 Å². The van der Waals surface area contributed by atoms with E-state index in [1.165, 1.54) is 5.56 Å². The molecule has 0 radical (unpaired) electrons.